The Morgan fingerprint density at radius 2 is 1.83 bits per heavy atom. The zero-order valence-corrected chi connectivity index (χ0v) is 10.5. The largest absolute Gasteiger partial charge is 0.493 e. The zero-order chi connectivity index (χ0) is 13.1. The Bertz CT molecular complexity index is 620. The Hall–Kier alpha value is -2.30. The second-order valence-electron chi connectivity index (χ2n) is 3.81. The van der Waals surface area contributed by atoms with Crippen molar-refractivity contribution in [3.05, 3.63) is 41.1 Å². The van der Waals surface area contributed by atoms with Gasteiger partial charge < -0.3 is 14.0 Å². The highest BCUT2D eigenvalue weighted by Crippen LogP contribution is 2.31. The van der Waals surface area contributed by atoms with E-state index in [0.29, 0.717) is 11.5 Å². The SMILES string of the molecule is COc1ccc(-c2cnc(=O)n(C)c2)cc1OC. The normalized spacial score (nSPS) is 10.2. The second-order valence-corrected chi connectivity index (χ2v) is 3.81. The summed E-state index contributed by atoms with van der Waals surface area (Å²) in [6, 6.07) is 5.56. The number of hydrogen-bond acceptors (Lipinski definition) is 4. The molecule has 0 unspecified atom stereocenters. The molecule has 0 aliphatic carbocycles. The number of aromatic nitrogens is 2. The maximum absolute atomic E-state index is 11.2. The van der Waals surface area contributed by atoms with E-state index in [1.807, 2.05) is 18.2 Å². The third-order valence-electron chi connectivity index (χ3n) is 2.67. The summed E-state index contributed by atoms with van der Waals surface area (Å²) in [7, 11) is 4.84. The molecule has 1 aromatic heterocycles. The van der Waals surface area contributed by atoms with E-state index in [0.717, 1.165) is 11.1 Å². The molecule has 0 atom stereocenters. The van der Waals surface area contributed by atoms with E-state index in [9.17, 15) is 4.79 Å². The summed E-state index contributed by atoms with van der Waals surface area (Å²) in [5.74, 6) is 1.31. The van der Waals surface area contributed by atoms with Gasteiger partial charge in [0.1, 0.15) is 0 Å². The van der Waals surface area contributed by atoms with E-state index >= 15 is 0 Å². The second kappa shape index (κ2) is 4.91. The quantitative estimate of drug-likeness (QED) is 0.822. The molecule has 0 bridgehead atoms. The molecular formula is C13H14N2O3. The van der Waals surface area contributed by atoms with Gasteiger partial charge in [-0.3, -0.25) is 0 Å². The van der Waals surface area contributed by atoms with Crippen LogP contribution in [0.25, 0.3) is 11.1 Å². The summed E-state index contributed by atoms with van der Waals surface area (Å²) < 4.78 is 11.8. The van der Waals surface area contributed by atoms with E-state index in [-0.39, 0.29) is 5.69 Å². The van der Waals surface area contributed by atoms with Gasteiger partial charge in [0.2, 0.25) is 0 Å². The Balaban J connectivity index is 2.50. The Morgan fingerprint density at radius 1 is 1.11 bits per heavy atom. The summed E-state index contributed by atoms with van der Waals surface area (Å²) in [6.45, 7) is 0. The van der Waals surface area contributed by atoms with Crippen LogP contribution >= 0.6 is 0 Å². The summed E-state index contributed by atoms with van der Waals surface area (Å²) >= 11 is 0. The van der Waals surface area contributed by atoms with Gasteiger partial charge in [0.15, 0.2) is 11.5 Å². The molecule has 0 aliphatic heterocycles. The maximum atomic E-state index is 11.2. The van der Waals surface area contributed by atoms with E-state index in [1.54, 1.807) is 33.7 Å². The molecule has 2 rings (SSSR count). The lowest BCUT2D eigenvalue weighted by Gasteiger charge is -2.09. The maximum Gasteiger partial charge on any atom is 0.347 e. The molecule has 5 nitrogen and oxygen atoms in total. The van der Waals surface area contributed by atoms with Crippen LogP contribution in [-0.4, -0.2) is 23.8 Å². The van der Waals surface area contributed by atoms with Gasteiger partial charge in [0.25, 0.3) is 0 Å². The van der Waals surface area contributed by atoms with Crippen molar-refractivity contribution in [1.82, 2.24) is 9.55 Å². The summed E-state index contributed by atoms with van der Waals surface area (Å²) in [5.41, 5.74) is 1.48. The first-order valence-corrected chi connectivity index (χ1v) is 5.41. The fourth-order valence-electron chi connectivity index (χ4n) is 1.68. The van der Waals surface area contributed by atoms with E-state index < -0.39 is 0 Å². The van der Waals surface area contributed by atoms with Gasteiger partial charge in [0.05, 0.1) is 14.2 Å². The van der Waals surface area contributed by atoms with Crippen LogP contribution in [0.15, 0.2) is 35.4 Å². The standard InChI is InChI=1S/C13H14N2O3/c1-15-8-10(7-14-13(15)16)9-4-5-11(17-2)12(6-9)18-3/h4-8H,1-3H3. The van der Waals surface area contributed by atoms with Crippen molar-refractivity contribution in [2.75, 3.05) is 14.2 Å². The fraction of sp³-hybridized carbons (Fsp3) is 0.231. The van der Waals surface area contributed by atoms with Crippen LogP contribution in [0.1, 0.15) is 0 Å². The molecule has 5 heteroatoms. The first-order valence-electron chi connectivity index (χ1n) is 5.41. The molecule has 18 heavy (non-hydrogen) atoms. The van der Waals surface area contributed by atoms with Crippen LogP contribution in [0.5, 0.6) is 11.5 Å². The van der Waals surface area contributed by atoms with Crippen molar-refractivity contribution in [1.29, 1.82) is 0 Å². The number of benzene rings is 1. The topological polar surface area (TPSA) is 53.3 Å². The number of ether oxygens (including phenoxy) is 2. The van der Waals surface area contributed by atoms with Crippen LogP contribution in [0, 0.1) is 0 Å². The van der Waals surface area contributed by atoms with Gasteiger partial charge >= 0.3 is 5.69 Å². The van der Waals surface area contributed by atoms with Crippen LogP contribution in [-0.2, 0) is 7.05 Å². The predicted octanol–water partition coefficient (Wildman–Crippen LogP) is 1.46. The van der Waals surface area contributed by atoms with Crippen LogP contribution in [0.2, 0.25) is 0 Å². The highest BCUT2D eigenvalue weighted by atomic mass is 16.5. The molecule has 1 aromatic carbocycles. The molecule has 0 saturated heterocycles. The molecule has 0 aliphatic rings. The van der Waals surface area contributed by atoms with Crippen LogP contribution in [0.4, 0.5) is 0 Å². The summed E-state index contributed by atoms with van der Waals surface area (Å²) in [4.78, 5) is 15.0. The molecule has 0 radical (unpaired) electrons. The molecule has 0 amide bonds. The third-order valence-corrected chi connectivity index (χ3v) is 2.67. The minimum atomic E-state index is -0.278. The van der Waals surface area contributed by atoms with Gasteiger partial charge in [-0.1, -0.05) is 6.07 Å². The van der Waals surface area contributed by atoms with Crippen molar-refractivity contribution < 1.29 is 9.47 Å². The van der Waals surface area contributed by atoms with Crippen molar-refractivity contribution in [2.24, 2.45) is 7.05 Å². The van der Waals surface area contributed by atoms with Gasteiger partial charge in [-0.15, -0.1) is 0 Å². The molecule has 2 aromatic rings. The van der Waals surface area contributed by atoms with Gasteiger partial charge in [-0.25, -0.2) is 9.78 Å². The summed E-state index contributed by atoms with van der Waals surface area (Å²) in [5, 5.41) is 0. The van der Waals surface area contributed by atoms with E-state index in [1.165, 1.54) is 4.57 Å². The van der Waals surface area contributed by atoms with Crippen molar-refractivity contribution in [3.8, 4) is 22.6 Å². The lowest BCUT2D eigenvalue weighted by Crippen LogP contribution is -2.18. The van der Waals surface area contributed by atoms with Crippen LogP contribution < -0.4 is 15.2 Å². The molecule has 0 N–H and O–H groups in total. The smallest absolute Gasteiger partial charge is 0.347 e. The summed E-state index contributed by atoms with van der Waals surface area (Å²) in [6.07, 6.45) is 3.28. The van der Waals surface area contributed by atoms with Gasteiger partial charge in [-0.2, -0.15) is 0 Å². The van der Waals surface area contributed by atoms with Crippen LogP contribution in [0.3, 0.4) is 0 Å². The number of methoxy groups -OCH3 is 2. The Labute approximate surface area is 105 Å². The first kappa shape index (κ1) is 12.2. The number of hydrogen-bond donors (Lipinski definition) is 0. The Kier molecular flexibility index (Phi) is 3.32. The number of nitrogens with zero attached hydrogens (tertiary/aromatic N) is 2. The lowest BCUT2D eigenvalue weighted by atomic mass is 10.1. The highest BCUT2D eigenvalue weighted by molar-refractivity contribution is 5.65. The average molecular weight is 246 g/mol. The van der Waals surface area contributed by atoms with Gasteiger partial charge in [0, 0.05) is 25.0 Å². The predicted molar refractivity (Wildman–Crippen MR) is 68.0 cm³/mol. The molecule has 1 heterocycles. The molecule has 0 spiro atoms. The van der Waals surface area contributed by atoms with Crippen molar-refractivity contribution in [3.63, 3.8) is 0 Å². The highest BCUT2D eigenvalue weighted by Gasteiger charge is 2.07. The van der Waals surface area contributed by atoms with Crippen molar-refractivity contribution >= 4 is 0 Å². The van der Waals surface area contributed by atoms with Crippen molar-refractivity contribution in [2.45, 2.75) is 0 Å². The molecule has 0 saturated carbocycles. The van der Waals surface area contributed by atoms with E-state index in [4.69, 9.17) is 9.47 Å². The molecule has 0 fully saturated rings. The Morgan fingerprint density at radius 3 is 2.44 bits per heavy atom. The number of aryl methyl sites for hydroxylation is 1. The van der Waals surface area contributed by atoms with Gasteiger partial charge in [-0.05, 0) is 17.7 Å². The third kappa shape index (κ3) is 2.20. The minimum absolute atomic E-state index is 0.278. The average Bonchev–Trinajstić information content (AvgIpc) is 2.41. The molecular weight excluding hydrogens is 232 g/mol. The minimum Gasteiger partial charge on any atom is -0.493 e. The monoisotopic (exact) mass is 246 g/mol. The fourth-order valence-corrected chi connectivity index (χ4v) is 1.68. The first-order chi connectivity index (χ1) is 8.65. The molecule has 94 valence electrons. The lowest BCUT2D eigenvalue weighted by molar-refractivity contribution is 0.355. The van der Waals surface area contributed by atoms with E-state index in [2.05, 4.69) is 4.98 Å². The zero-order valence-electron chi connectivity index (χ0n) is 10.5. The number of rotatable bonds is 3.